The first-order chi connectivity index (χ1) is 45.6. The van der Waals surface area contributed by atoms with E-state index in [2.05, 4.69) is 350 Å². The van der Waals surface area contributed by atoms with E-state index in [0.717, 1.165) is 99.5 Å². The van der Waals surface area contributed by atoms with Crippen molar-refractivity contribution in [1.82, 2.24) is 0 Å². The number of hydrogen-bond donors (Lipinski definition) is 0. The Labute approximate surface area is 533 Å². The molecule has 18 rings (SSSR count). The Kier molecular flexibility index (Phi) is 13.5. The maximum absolute atomic E-state index is 6.61. The van der Waals surface area contributed by atoms with Crippen LogP contribution in [0.25, 0.3) is 131 Å². The first kappa shape index (κ1) is 54.0. The van der Waals surface area contributed by atoms with E-state index in [-0.39, 0.29) is 0 Å². The second-order valence-electron chi connectivity index (χ2n) is 23.5. The number of nitrogens with zero attached hydrogens (tertiary/aromatic N) is 2. The number of benzene rings is 16. The molecule has 4 heteroatoms. The third-order valence-electron chi connectivity index (χ3n) is 18.1. The van der Waals surface area contributed by atoms with Gasteiger partial charge in [-0.2, -0.15) is 0 Å². The normalized spacial score (nSPS) is 11.5. The monoisotopic (exact) mass is 1170 g/mol. The second kappa shape index (κ2) is 23.0. The summed E-state index contributed by atoms with van der Waals surface area (Å²) < 4.78 is 13.2. The van der Waals surface area contributed by atoms with E-state index in [9.17, 15) is 0 Å². The van der Waals surface area contributed by atoms with Gasteiger partial charge in [0.15, 0.2) is 0 Å². The molecule has 4 nitrogen and oxygen atoms in total. The molecular formula is C88H58N2O2. The zero-order valence-corrected chi connectivity index (χ0v) is 50.2. The van der Waals surface area contributed by atoms with Gasteiger partial charge in [0.05, 0.1) is 11.4 Å². The van der Waals surface area contributed by atoms with Gasteiger partial charge >= 0.3 is 0 Å². The van der Waals surface area contributed by atoms with Gasteiger partial charge in [-0.15, -0.1) is 0 Å². The third-order valence-corrected chi connectivity index (χ3v) is 18.1. The van der Waals surface area contributed by atoms with Crippen molar-refractivity contribution in [2.24, 2.45) is 0 Å². The Morgan fingerprint density at radius 2 is 0.576 bits per heavy atom. The molecule has 0 atom stereocenters. The molecular weight excluding hydrogens is 1120 g/mol. The van der Waals surface area contributed by atoms with Crippen molar-refractivity contribution in [1.29, 1.82) is 0 Å². The molecule has 0 radical (unpaired) electrons. The highest BCUT2D eigenvalue weighted by molar-refractivity contribution is 6.21. The van der Waals surface area contributed by atoms with Crippen molar-refractivity contribution in [3.05, 3.63) is 352 Å². The van der Waals surface area contributed by atoms with Crippen LogP contribution in [0.4, 0.5) is 34.1 Å². The maximum atomic E-state index is 6.61. The summed E-state index contributed by atoms with van der Waals surface area (Å²) in [5.74, 6) is 0. The molecule has 2 aromatic heterocycles. The summed E-state index contributed by atoms with van der Waals surface area (Å²) >= 11 is 0. The smallest absolute Gasteiger partial charge is 0.145 e. The number of anilines is 6. The summed E-state index contributed by atoms with van der Waals surface area (Å²) in [6, 6.07) is 125. The third kappa shape index (κ3) is 9.75. The molecule has 0 spiro atoms. The van der Waals surface area contributed by atoms with E-state index in [0.29, 0.717) is 0 Å². The lowest BCUT2D eigenvalue weighted by molar-refractivity contribution is 0.672. The highest BCUT2D eigenvalue weighted by atomic mass is 16.3. The van der Waals surface area contributed by atoms with Crippen LogP contribution >= 0.6 is 0 Å². The average molecular weight is 1180 g/mol. The van der Waals surface area contributed by atoms with Crippen LogP contribution in [0.1, 0.15) is 0 Å². The molecule has 0 amide bonds. The molecule has 0 aliphatic rings. The van der Waals surface area contributed by atoms with Gasteiger partial charge in [-0.25, -0.2) is 0 Å². The highest BCUT2D eigenvalue weighted by Crippen LogP contribution is 2.47. The standard InChI is InChI=1S/2C44H29NO/c1-2-10-30(11-3-1)31-20-25-35(26-21-31)45(36-27-22-33(23-28-36)38-17-8-13-32-12-4-5-15-37(32)38)41-18-9-14-34-24-29-40-39-16-6-7-19-42(39)46-44(40)43(34)41;1-2-10-30(11-3-1)35-15-8-16-38(29-35)45(37-25-22-32(23-26-37)36-21-20-31-12-4-5-13-34(31)28-36)41-18-9-14-33-24-27-40-39-17-6-7-19-42(39)46-44(40)43(33)41/h2*1-29H. The van der Waals surface area contributed by atoms with Gasteiger partial charge in [0.1, 0.15) is 22.3 Å². The van der Waals surface area contributed by atoms with Gasteiger partial charge in [-0.1, -0.05) is 261 Å². The minimum atomic E-state index is 0.900. The molecule has 0 aliphatic heterocycles. The van der Waals surface area contributed by atoms with Gasteiger partial charge in [0, 0.05) is 55.1 Å². The van der Waals surface area contributed by atoms with E-state index in [4.69, 9.17) is 8.83 Å². The summed E-state index contributed by atoms with van der Waals surface area (Å²) in [4.78, 5) is 4.72. The minimum absolute atomic E-state index is 0.900. The number of furan rings is 2. The molecule has 0 saturated heterocycles. The SMILES string of the molecule is c1ccc(-c2ccc(N(c3ccc(-c4cccc5ccccc45)cc3)c3cccc4ccc5c6ccccc6oc5c34)cc2)cc1.c1ccc(-c2cccc(N(c3ccc(-c4ccc5ccccc5c4)cc3)c3cccc4ccc5c6ccccc6oc5c34)c2)cc1. The van der Waals surface area contributed by atoms with Gasteiger partial charge in [-0.3, -0.25) is 0 Å². The van der Waals surface area contributed by atoms with Crippen LogP contribution in [0, 0.1) is 0 Å². The molecule has 0 N–H and O–H groups in total. The highest BCUT2D eigenvalue weighted by Gasteiger charge is 2.23. The van der Waals surface area contributed by atoms with E-state index < -0.39 is 0 Å². The summed E-state index contributed by atoms with van der Waals surface area (Å²) in [6.45, 7) is 0. The predicted octanol–water partition coefficient (Wildman–Crippen LogP) is 25.4. The molecule has 0 bridgehead atoms. The summed E-state index contributed by atoms with van der Waals surface area (Å²) in [5, 5.41) is 14.0. The zero-order valence-electron chi connectivity index (χ0n) is 50.2. The Morgan fingerprint density at radius 1 is 0.196 bits per heavy atom. The van der Waals surface area contributed by atoms with Gasteiger partial charge in [-0.05, 0) is 168 Å². The Bertz CT molecular complexity index is 5750. The van der Waals surface area contributed by atoms with Crippen LogP contribution in [0.2, 0.25) is 0 Å². The average Bonchev–Trinajstić information content (AvgIpc) is 1.51. The molecule has 432 valence electrons. The Balaban J connectivity index is 0.000000141. The van der Waals surface area contributed by atoms with Crippen LogP contribution in [0.5, 0.6) is 0 Å². The second-order valence-corrected chi connectivity index (χ2v) is 23.5. The zero-order chi connectivity index (χ0) is 60.9. The topological polar surface area (TPSA) is 32.8 Å². The van der Waals surface area contributed by atoms with Crippen molar-refractivity contribution in [2.45, 2.75) is 0 Å². The van der Waals surface area contributed by atoms with E-state index in [1.165, 1.54) is 66.1 Å². The van der Waals surface area contributed by atoms with Crippen LogP contribution in [0.3, 0.4) is 0 Å². The van der Waals surface area contributed by atoms with Crippen LogP contribution in [-0.2, 0) is 0 Å². The fourth-order valence-electron chi connectivity index (χ4n) is 13.6. The van der Waals surface area contributed by atoms with Crippen molar-refractivity contribution >= 4 is 121 Å². The summed E-state index contributed by atoms with van der Waals surface area (Å²) in [5.41, 5.74) is 19.7. The lowest BCUT2D eigenvalue weighted by Gasteiger charge is -2.27. The van der Waals surface area contributed by atoms with Gasteiger partial charge in [0.25, 0.3) is 0 Å². The Hall–Kier alpha value is -12.2. The largest absolute Gasteiger partial charge is 0.455 e. The predicted molar refractivity (Wildman–Crippen MR) is 389 cm³/mol. The number of para-hydroxylation sites is 2. The molecule has 0 fully saturated rings. The number of fused-ring (bicyclic) bond motifs is 12. The fourth-order valence-corrected chi connectivity index (χ4v) is 13.6. The van der Waals surface area contributed by atoms with Crippen molar-refractivity contribution in [3.8, 4) is 44.5 Å². The van der Waals surface area contributed by atoms with Crippen molar-refractivity contribution in [2.75, 3.05) is 9.80 Å². The molecule has 16 aromatic carbocycles. The van der Waals surface area contributed by atoms with Gasteiger partial charge < -0.3 is 18.6 Å². The van der Waals surface area contributed by atoms with Crippen LogP contribution in [-0.4, -0.2) is 0 Å². The molecule has 18 aromatic rings. The molecule has 0 saturated carbocycles. The summed E-state index contributed by atoms with van der Waals surface area (Å²) in [6.07, 6.45) is 0. The first-order valence-corrected chi connectivity index (χ1v) is 31.4. The minimum Gasteiger partial charge on any atom is -0.455 e. The quantitative estimate of drug-likeness (QED) is 0.137. The van der Waals surface area contributed by atoms with Gasteiger partial charge in [0.2, 0.25) is 0 Å². The molecule has 92 heavy (non-hydrogen) atoms. The molecule has 2 heterocycles. The lowest BCUT2D eigenvalue weighted by atomic mass is 9.97. The van der Waals surface area contributed by atoms with E-state index >= 15 is 0 Å². The first-order valence-electron chi connectivity index (χ1n) is 31.4. The molecule has 0 aliphatic carbocycles. The summed E-state index contributed by atoms with van der Waals surface area (Å²) in [7, 11) is 0. The molecule has 0 unspecified atom stereocenters. The fraction of sp³-hybridized carbons (Fsp3) is 0. The number of rotatable bonds is 10. The van der Waals surface area contributed by atoms with Crippen molar-refractivity contribution < 1.29 is 8.83 Å². The van der Waals surface area contributed by atoms with Crippen LogP contribution in [0.15, 0.2) is 361 Å². The number of hydrogen-bond acceptors (Lipinski definition) is 4. The Morgan fingerprint density at radius 3 is 1.16 bits per heavy atom. The van der Waals surface area contributed by atoms with Crippen molar-refractivity contribution in [3.63, 3.8) is 0 Å². The maximum Gasteiger partial charge on any atom is 0.145 e. The lowest BCUT2D eigenvalue weighted by Crippen LogP contribution is -2.10. The van der Waals surface area contributed by atoms with E-state index in [1.54, 1.807) is 0 Å². The van der Waals surface area contributed by atoms with Crippen LogP contribution < -0.4 is 9.80 Å². The van der Waals surface area contributed by atoms with E-state index in [1.807, 2.05) is 12.1 Å².